The second-order valence-electron chi connectivity index (χ2n) is 7.25. The highest BCUT2D eigenvalue weighted by Gasteiger charge is 2.27. The molecule has 1 fully saturated rings. The summed E-state index contributed by atoms with van der Waals surface area (Å²) in [5.41, 5.74) is 1.36. The first kappa shape index (κ1) is 22.2. The van der Waals surface area contributed by atoms with Gasteiger partial charge in [0, 0.05) is 31.9 Å². The minimum absolute atomic E-state index is 0. The number of piperidine rings is 1. The van der Waals surface area contributed by atoms with E-state index in [-0.39, 0.29) is 29.5 Å². The van der Waals surface area contributed by atoms with E-state index in [1.54, 1.807) is 0 Å². The van der Waals surface area contributed by atoms with Crippen molar-refractivity contribution in [1.82, 2.24) is 25.3 Å². The van der Waals surface area contributed by atoms with Crippen molar-refractivity contribution in [1.29, 1.82) is 0 Å². The number of aliphatic imine (C=N–C) groups is 1. The van der Waals surface area contributed by atoms with E-state index < -0.39 is 0 Å². The van der Waals surface area contributed by atoms with Gasteiger partial charge in [0.15, 0.2) is 5.96 Å². The van der Waals surface area contributed by atoms with Gasteiger partial charge < -0.3 is 10.6 Å². The molecule has 0 spiro atoms. The second kappa shape index (κ2) is 11.0. The largest absolute Gasteiger partial charge is 0.357 e. The maximum atomic E-state index is 4.83. The van der Waals surface area contributed by atoms with Crippen LogP contribution < -0.4 is 10.6 Å². The van der Waals surface area contributed by atoms with Crippen molar-refractivity contribution in [2.75, 3.05) is 32.7 Å². The van der Waals surface area contributed by atoms with Crippen LogP contribution in [-0.2, 0) is 13.5 Å². The molecule has 0 aliphatic carbocycles. The molecular weight excluding hydrogens is 427 g/mol. The van der Waals surface area contributed by atoms with E-state index >= 15 is 0 Å². The number of aryl methyl sites for hydroxylation is 1. The highest BCUT2D eigenvalue weighted by atomic mass is 127. The predicted octanol–water partition coefficient (Wildman–Crippen LogP) is 2.40. The molecule has 1 saturated heterocycles. The fraction of sp³-hybridized carbons (Fsp3) is 0.778. The molecule has 0 aromatic carbocycles. The third-order valence-electron chi connectivity index (χ3n) is 4.64. The van der Waals surface area contributed by atoms with Gasteiger partial charge in [-0.05, 0) is 58.7 Å². The van der Waals surface area contributed by atoms with Crippen LogP contribution in [0, 0.1) is 0 Å². The average Bonchev–Trinajstić information content (AvgIpc) is 2.99. The summed E-state index contributed by atoms with van der Waals surface area (Å²) in [4.78, 5) is 7.41. The molecule has 1 aromatic heterocycles. The van der Waals surface area contributed by atoms with Crippen molar-refractivity contribution in [3.8, 4) is 0 Å². The molecule has 2 heterocycles. The number of likely N-dealkylation sites (tertiary alicyclic amines) is 1. The van der Waals surface area contributed by atoms with E-state index in [0.29, 0.717) is 0 Å². The van der Waals surface area contributed by atoms with Crippen LogP contribution in [0.3, 0.4) is 0 Å². The molecule has 2 rings (SSSR count). The lowest BCUT2D eigenvalue weighted by Gasteiger charge is -2.40. The van der Waals surface area contributed by atoms with Gasteiger partial charge in [-0.25, -0.2) is 0 Å². The van der Waals surface area contributed by atoms with Crippen molar-refractivity contribution in [2.24, 2.45) is 12.0 Å². The summed E-state index contributed by atoms with van der Waals surface area (Å²) in [6.07, 6.45) is 8.94. The van der Waals surface area contributed by atoms with Gasteiger partial charge in [-0.1, -0.05) is 6.42 Å². The Morgan fingerprint density at radius 1 is 1.24 bits per heavy atom. The molecule has 1 aliphatic rings. The summed E-state index contributed by atoms with van der Waals surface area (Å²) in [7, 11) is 1.95. The quantitative estimate of drug-likeness (QED) is 0.371. The summed E-state index contributed by atoms with van der Waals surface area (Å²) >= 11 is 0. The molecule has 0 amide bonds. The summed E-state index contributed by atoms with van der Waals surface area (Å²) < 4.78 is 1.84. The van der Waals surface area contributed by atoms with E-state index in [4.69, 9.17) is 4.99 Å². The Labute approximate surface area is 169 Å². The van der Waals surface area contributed by atoms with Gasteiger partial charge in [0.2, 0.25) is 0 Å². The van der Waals surface area contributed by atoms with Gasteiger partial charge in [0.05, 0.1) is 12.7 Å². The minimum atomic E-state index is 0. The van der Waals surface area contributed by atoms with Gasteiger partial charge in [-0.2, -0.15) is 5.10 Å². The molecule has 2 N–H and O–H groups in total. The Hall–Kier alpha value is -0.830. The normalized spacial score (nSPS) is 16.4. The molecule has 7 heteroatoms. The first-order chi connectivity index (χ1) is 11.5. The number of hydrogen-bond acceptors (Lipinski definition) is 3. The van der Waals surface area contributed by atoms with Crippen LogP contribution in [0.4, 0.5) is 0 Å². The van der Waals surface area contributed by atoms with Crippen LogP contribution in [0.1, 0.15) is 45.6 Å². The number of rotatable bonds is 7. The Morgan fingerprint density at radius 3 is 2.56 bits per heavy atom. The Balaban J connectivity index is 0.00000312. The average molecular weight is 462 g/mol. The third-order valence-corrected chi connectivity index (χ3v) is 4.64. The van der Waals surface area contributed by atoms with Crippen LogP contribution >= 0.6 is 24.0 Å². The van der Waals surface area contributed by atoms with Crippen LogP contribution in [0.25, 0.3) is 0 Å². The number of nitrogens with zero attached hydrogens (tertiary/aromatic N) is 4. The molecular formula is C18H35IN6. The number of nitrogens with one attached hydrogen (secondary N) is 2. The topological polar surface area (TPSA) is 57.5 Å². The lowest BCUT2D eigenvalue weighted by Crippen LogP contribution is -2.49. The Bertz CT molecular complexity index is 519. The van der Waals surface area contributed by atoms with Gasteiger partial charge in [-0.15, -0.1) is 24.0 Å². The number of guanidine groups is 1. The molecule has 0 atom stereocenters. The molecule has 0 bridgehead atoms. The number of aromatic nitrogens is 2. The third kappa shape index (κ3) is 7.52. The van der Waals surface area contributed by atoms with Crippen LogP contribution in [0.2, 0.25) is 0 Å². The standard InChI is InChI=1S/C18H34N6.HI/c1-5-19-17(20-10-9-16-13-22-23(4)14-16)21-15-18(2,3)24-11-7-6-8-12-24;/h13-14H,5-12,15H2,1-4H3,(H2,19,20,21);1H. The summed E-state index contributed by atoms with van der Waals surface area (Å²) in [5.74, 6) is 0.909. The second-order valence-corrected chi connectivity index (χ2v) is 7.25. The van der Waals surface area contributed by atoms with Crippen molar-refractivity contribution < 1.29 is 0 Å². The van der Waals surface area contributed by atoms with Crippen molar-refractivity contribution in [2.45, 2.75) is 52.0 Å². The number of halogens is 1. The lowest BCUT2D eigenvalue weighted by molar-refractivity contribution is 0.102. The molecule has 6 nitrogen and oxygen atoms in total. The highest BCUT2D eigenvalue weighted by molar-refractivity contribution is 14.0. The van der Waals surface area contributed by atoms with Crippen molar-refractivity contribution in [3.63, 3.8) is 0 Å². The van der Waals surface area contributed by atoms with Gasteiger partial charge in [0.1, 0.15) is 0 Å². The maximum absolute atomic E-state index is 4.83. The zero-order valence-corrected chi connectivity index (χ0v) is 18.5. The fourth-order valence-electron chi connectivity index (χ4n) is 3.14. The SMILES string of the molecule is CCNC(=NCC(C)(C)N1CCCCC1)NCCc1cnn(C)c1.I. The minimum Gasteiger partial charge on any atom is -0.357 e. The van der Waals surface area contributed by atoms with E-state index in [1.165, 1.54) is 37.9 Å². The molecule has 0 unspecified atom stereocenters. The monoisotopic (exact) mass is 462 g/mol. The molecule has 144 valence electrons. The highest BCUT2D eigenvalue weighted by Crippen LogP contribution is 2.20. The summed E-state index contributed by atoms with van der Waals surface area (Å²) in [6.45, 7) is 11.7. The molecule has 25 heavy (non-hydrogen) atoms. The Kier molecular flexibility index (Phi) is 9.78. The van der Waals surface area contributed by atoms with Gasteiger partial charge in [-0.3, -0.25) is 14.6 Å². The van der Waals surface area contributed by atoms with E-state index in [0.717, 1.165) is 32.0 Å². The first-order valence-electron chi connectivity index (χ1n) is 9.26. The van der Waals surface area contributed by atoms with E-state index in [1.807, 2.05) is 17.9 Å². The Morgan fingerprint density at radius 2 is 1.96 bits per heavy atom. The van der Waals surface area contributed by atoms with Crippen LogP contribution in [-0.4, -0.2) is 58.9 Å². The van der Waals surface area contributed by atoms with E-state index in [2.05, 4.69) is 47.6 Å². The van der Waals surface area contributed by atoms with Crippen molar-refractivity contribution >= 4 is 29.9 Å². The van der Waals surface area contributed by atoms with Gasteiger partial charge >= 0.3 is 0 Å². The van der Waals surface area contributed by atoms with Crippen LogP contribution in [0.15, 0.2) is 17.4 Å². The maximum Gasteiger partial charge on any atom is 0.191 e. The van der Waals surface area contributed by atoms with E-state index in [9.17, 15) is 0 Å². The molecule has 0 radical (unpaired) electrons. The van der Waals surface area contributed by atoms with Gasteiger partial charge in [0.25, 0.3) is 0 Å². The summed E-state index contributed by atoms with van der Waals surface area (Å²) in [5, 5.41) is 11.0. The zero-order chi connectivity index (χ0) is 17.4. The molecule has 1 aromatic rings. The smallest absolute Gasteiger partial charge is 0.191 e. The zero-order valence-electron chi connectivity index (χ0n) is 16.2. The van der Waals surface area contributed by atoms with Crippen molar-refractivity contribution in [3.05, 3.63) is 18.0 Å². The molecule has 0 saturated carbocycles. The number of hydrogen-bond donors (Lipinski definition) is 2. The summed E-state index contributed by atoms with van der Waals surface area (Å²) in [6, 6.07) is 0. The predicted molar refractivity (Wildman–Crippen MR) is 116 cm³/mol. The first-order valence-corrected chi connectivity index (χ1v) is 9.26. The fourth-order valence-corrected chi connectivity index (χ4v) is 3.14. The van der Waals surface area contributed by atoms with Crippen LogP contribution in [0.5, 0.6) is 0 Å². The molecule has 1 aliphatic heterocycles. The lowest BCUT2D eigenvalue weighted by atomic mass is 9.99.